The first-order valence-electron chi connectivity index (χ1n) is 11.5. The van der Waals surface area contributed by atoms with E-state index in [1.54, 1.807) is 9.58 Å². The van der Waals surface area contributed by atoms with Gasteiger partial charge in [-0.3, -0.25) is 14.4 Å². The van der Waals surface area contributed by atoms with Crippen LogP contribution >= 0.6 is 0 Å². The minimum atomic E-state index is -2.31. The monoisotopic (exact) mass is 433 g/mol. The van der Waals surface area contributed by atoms with Crippen molar-refractivity contribution < 1.29 is 13.6 Å². The first-order chi connectivity index (χ1) is 15.0. The molecule has 2 fully saturated rings. The normalized spacial score (nSPS) is 19.5. The smallest absolute Gasteiger partial charge is 0.272 e. The molecule has 0 unspecified atom stereocenters. The molecule has 2 aliphatic rings. The van der Waals surface area contributed by atoms with Crippen LogP contribution in [-0.4, -0.2) is 65.8 Å². The highest BCUT2D eigenvalue weighted by molar-refractivity contribution is 6.05. The Balaban J connectivity index is 1.44. The number of piperidine rings is 1. The third-order valence-electron chi connectivity index (χ3n) is 6.59. The molecule has 1 N–H and O–H groups in total. The second kappa shape index (κ2) is 9.94. The Morgan fingerprint density at radius 2 is 1.77 bits per heavy atom. The molecule has 1 amide bonds. The van der Waals surface area contributed by atoms with Crippen LogP contribution in [0.25, 0.3) is 10.9 Å². The maximum atomic E-state index is 12.9. The van der Waals surface area contributed by atoms with Crippen LogP contribution < -0.4 is 10.2 Å². The maximum Gasteiger partial charge on any atom is 0.272 e. The SMILES string of the molecule is Cn1nc(C(=O)NC2CCN(CC(F)F)CC2)c2ccc(N3CCCCCCC3)cc21. The van der Waals surface area contributed by atoms with Gasteiger partial charge in [-0.05, 0) is 43.9 Å². The molecule has 8 heteroatoms. The number of hydrogen-bond donors (Lipinski definition) is 1. The number of nitrogens with one attached hydrogen (secondary N) is 1. The Morgan fingerprint density at radius 1 is 1.10 bits per heavy atom. The Bertz CT molecular complexity index is 883. The molecule has 3 heterocycles. The van der Waals surface area contributed by atoms with Crippen molar-refractivity contribution in [3.8, 4) is 0 Å². The number of anilines is 1. The van der Waals surface area contributed by atoms with Gasteiger partial charge in [0.2, 0.25) is 0 Å². The molecule has 0 bridgehead atoms. The Kier molecular flexibility index (Phi) is 7.05. The summed E-state index contributed by atoms with van der Waals surface area (Å²) in [6, 6.07) is 6.25. The number of amides is 1. The van der Waals surface area contributed by atoms with Crippen LogP contribution in [0.2, 0.25) is 0 Å². The molecule has 2 aromatic rings. The number of aromatic nitrogens is 2. The zero-order valence-corrected chi connectivity index (χ0v) is 18.3. The number of fused-ring (bicyclic) bond motifs is 1. The first-order valence-corrected chi connectivity index (χ1v) is 11.5. The molecule has 2 aliphatic heterocycles. The summed E-state index contributed by atoms with van der Waals surface area (Å²) in [5, 5.41) is 8.43. The first kappa shape index (κ1) is 22.0. The molecular formula is C23H33F2N5O. The lowest BCUT2D eigenvalue weighted by Gasteiger charge is -2.31. The van der Waals surface area contributed by atoms with Gasteiger partial charge in [0.05, 0.1) is 12.1 Å². The van der Waals surface area contributed by atoms with Crippen LogP contribution in [0.3, 0.4) is 0 Å². The van der Waals surface area contributed by atoms with E-state index in [9.17, 15) is 13.6 Å². The number of halogens is 2. The molecule has 4 rings (SSSR count). The van der Waals surface area contributed by atoms with Crippen LogP contribution in [0.4, 0.5) is 14.5 Å². The number of aryl methyl sites for hydroxylation is 1. The van der Waals surface area contributed by atoms with Crippen molar-refractivity contribution in [2.45, 2.75) is 57.4 Å². The summed E-state index contributed by atoms with van der Waals surface area (Å²) in [6.07, 6.45) is 5.39. The average molecular weight is 434 g/mol. The lowest BCUT2D eigenvalue weighted by molar-refractivity contribution is 0.0695. The molecule has 0 saturated carbocycles. The molecule has 0 spiro atoms. The molecule has 0 aliphatic carbocycles. The van der Waals surface area contributed by atoms with Crippen LogP contribution in [0.1, 0.15) is 55.4 Å². The Hall–Kier alpha value is -2.22. The third-order valence-corrected chi connectivity index (χ3v) is 6.59. The van der Waals surface area contributed by atoms with Crippen molar-refractivity contribution in [2.24, 2.45) is 7.05 Å². The van der Waals surface area contributed by atoms with E-state index < -0.39 is 6.43 Å². The molecule has 170 valence electrons. The minimum absolute atomic E-state index is 0.00112. The fourth-order valence-corrected chi connectivity index (χ4v) is 4.82. The summed E-state index contributed by atoms with van der Waals surface area (Å²) in [5.41, 5.74) is 2.58. The second-order valence-electron chi connectivity index (χ2n) is 8.87. The van der Waals surface area contributed by atoms with E-state index >= 15 is 0 Å². The highest BCUT2D eigenvalue weighted by Crippen LogP contribution is 2.26. The van der Waals surface area contributed by atoms with Crippen molar-refractivity contribution in [3.63, 3.8) is 0 Å². The number of nitrogens with zero attached hydrogens (tertiary/aromatic N) is 4. The summed E-state index contributed by atoms with van der Waals surface area (Å²) in [6.45, 7) is 3.11. The second-order valence-corrected chi connectivity index (χ2v) is 8.87. The van der Waals surface area contributed by atoms with Gasteiger partial charge in [0.1, 0.15) is 0 Å². The summed E-state index contributed by atoms with van der Waals surface area (Å²) in [4.78, 5) is 17.1. The van der Waals surface area contributed by atoms with Gasteiger partial charge in [0.15, 0.2) is 5.69 Å². The highest BCUT2D eigenvalue weighted by Gasteiger charge is 2.25. The van der Waals surface area contributed by atoms with E-state index in [4.69, 9.17) is 0 Å². The minimum Gasteiger partial charge on any atom is -0.371 e. The summed E-state index contributed by atoms with van der Waals surface area (Å²) < 4.78 is 26.9. The van der Waals surface area contributed by atoms with Gasteiger partial charge >= 0.3 is 0 Å². The number of benzene rings is 1. The molecule has 1 aromatic heterocycles. The predicted molar refractivity (Wildman–Crippen MR) is 119 cm³/mol. The van der Waals surface area contributed by atoms with Crippen LogP contribution in [0, 0.1) is 0 Å². The van der Waals surface area contributed by atoms with Crippen molar-refractivity contribution >= 4 is 22.5 Å². The van der Waals surface area contributed by atoms with Gasteiger partial charge in [0, 0.05) is 50.3 Å². The average Bonchev–Trinajstić information content (AvgIpc) is 3.05. The van der Waals surface area contributed by atoms with Crippen LogP contribution in [0.5, 0.6) is 0 Å². The van der Waals surface area contributed by atoms with Crippen LogP contribution in [0.15, 0.2) is 18.2 Å². The zero-order chi connectivity index (χ0) is 21.8. The van der Waals surface area contributed by atoms with E-state index in [1.165, 1.54) is 37.8 Å². The molecule has 0 radical (unpaired) electrons. The molecule has 31 heavy (non-hydrogen) atoms. The van der Waals surface area contributed by atoms with Gasteiger partial charge < -0.3 is 10.2 Å². The lowest BCUT2D eigenvalue weighted by atomic mass is 10.0. The molecule has 0 atom stereocenters. The van der Waals surface area contributed by atoms with Crippen molar-refractivity contribution in [3.05, 3.63) is 23.9 Å². The number of carbonyl (C=O) groups excluding carboxylic acids is 1. The third kappa shape index (κ3) is 5.34. The van der Waals surface area contributed by atoms with Crippen LogP contribution in [-0.2, 0) is 7.05 Å². The fourth-order valence-electron chi connectivity index (χ4n) is 4.82. The van der Waals surface area contributed by atoms with E-state index in [0.29, 0.717) is 31.6 Å². The predicted octanol–water partition coefficient (Wildman–Crippen LogP) is 3.80. The van der Waals surface area contributed by atoms with Crippen molar-refractivity contribution in [1.82, 2.24) is 20.0 Å². The largest absolute Gasteiger partial charge is 0.371 e. The Labute approximate surface area is 182 Å². The maximum absolute atomic E-state index is 12.9. The standard InChI is InChI=1S/C23H33F2N5O/c1-28-20-15-18(30-11-5-3-2-4-6-12-30)7-8-19(20)22(27-28)23(31)26-17-9-13-29(14-10-17)16-21(24)25/h7-8,15,17,21H,2-6,9-14,16H2,1H3,(H,26,31). The van der Waals surface area contributed by atoms with E-state index in [1.807, 2.05) is 13.1 Å². The van der Waals surface area contributed by atoms with Crippen molar-refractivity contribution in [2.75, 3.05) is 37.6 Å². The van der Waals surface area contributed by atoms with Gasteiger partial charge in [-0.2, -0.15) is 5.10 Å². The Morgan fingerprint density at radius 3 is 2.45 bits per heavy atom. The summed E-state index contributed by atoms with van der Waals surface area (Å²) in [5.74, 6) is -0.183. The quantitative estimate of drug-likeness (QED) is 0.779. The topological polar surface area (TPSA) is 53.4 Å². The molecule has 1 aromatic carbocycles. The number of carbonyl (C=O) groups is 1. The molecule has 6 nitrogen and oxygen atoms in total. The zero-order valence-electron chi connectivity index (χ0n) is 18.3. The summed E-state index contributed by atoms with van der Waals surface area (Å²) >= 11 is 0. The van der Waals surface area contributed by atoms with E-state index in [2.05, 4.69) is 27.4 Å². The number of likely N-dealkylation sites (tertiary alicyclic amines) is 1. The number of alkyl halides is 2. The summed E-state index contributed by atoms with van der Waals surface area (Å²) in [7, 11) is 1.87. The fraction of sp³-hybridized carbons (Fsp3) is 0.652. The van der Waals surface area contributed by atoms with Gasteiger partial charge in [-0.25, -0.2) is 8.78 Å². The van der Waals surface area contributed by atoms with Crippen molar-refractivity contribution in [1.29, 1.82) is 0 Å². The molecule has 2 saturated heterocycles. The molecular weight excluding hydrogens is 400 g/mol. The van der Waals surface area contributed by atoms with E-state index in [-0.39, 0.29) is 18.5 Å². The highest BCUT2D eigenvalue weighted by atomic mass is 19.3. The number of rotatable bonds is 5. The van der Waals surface area contributed by atoms with Gasteiger partial charge in [-0.15, -0.1) is 0 Å². The number of hydrogen-bond acceptors (Lipinski definition) is 4. The van der Waals surface area contributed by atoms with Gasteiger partial charge in [0.25, 0.3) is 12.3 Å². The van der Waals surface area contributed by atoms with Gasteiger partial charge in [-0.1, -0.05) is 19.3 Å². The van der Waals surface area contributed by atoms with E-state index in [0.717, 1.165) is 24.0 Å². The lowest BCUT2D eigenvalue weighted by Crippen LogP contribution is -2.45.